The van der Waals surface area contributed by atoms with Gasteiger partial charge in [0.2, 0.25) is 5.91 Å². The van der Waals surface area contributed by atoms with Crippen molar-refractivity contribution in [2.75, 3.05) is 25.0 Å². The molecule has 6 heteroatoms. The van der Waals surface area contributed by atoms with E-state index in [1.807, 2.05) is 40.1 Å². The number of rotatable bonds is 5. The van der Waals surface area contributed by atoms with Gasteiger partial charge in [0, 0.05) is 38.2 Å². The standard InChI is InChI=1S/C24H27N3O3/c28-22-12-7-15-27(22)17-18-8-6-9-19(16-18)23(29)25-21-11-3-2-10-20(21)24(30)26-13-4-1-5-14-26/h2-3,6,8-11,16H,1,4-5,7,12-15,17H2,(H,25,29). The van der Waals surface area contributed by atoms with E-state index in [4.69, 9.17) is 0 Å². The number of para-hydroxylation sites is 1. The molecule has 0 radical (unpaired) electrons. The summed E-state index contributed by atoms with van der Waals surface area (Å²) in [6, 6.07) is 14.5. The van der Waals surface area contributed by atoms with E-state index >= 15 is 0 Å². The predicted octanol–water partition coefficient (Wildman–Crippen LogP) is 3.69. The highest BCUT2D eigenvalue weighted by molar-refractivity contribution is 6.09. The van der Waals surface area contributed by atoms with Crippen LogP contribution < -0.4 is 5.32 Å². The van der Waals surface area contributed by atoms with Crippen LogP contribution in [0.25, 0.3) is 0 Å². The molecule has 1 N–H and O–H groups in total. The molecule has 2 aromatic carbocycles. The molecule has 156 valence electrons. The number of piperidine rings is 1. The van der Waals surface area contributed by atoms with Crippen LogP contribution >= 0.6 is 0 Å². The highest BCUT2D eigenvalue weighted by Crippen LogP contribution is 2.21. The van der Waals surface area contributed by atoms with Crippen molar-refractivity contribution in [3.63, 3.8) is 0 Å². The van der Waals surface area contributed by atoms with E-state index in [0.29, 0.717) is 29.8 Å². The molecule has 2 heterocycles. The molecule has 0 atom stereocenters. The number of anilines is 1. The topological polar surface area (TPSA) is 69.7 Å². The van der Waals surface area contributed by atoms with Crippen molar-refractivity contribution >= 4 is 23.4 Å². The lowest BCUT2D eigenvalue weighted by atomic mass is 10.1. The van der Waals surface area contributed by atoms with Crippen molar-refractivity contribution in [1.29, 1.82) is 0 Å². The fourth-order valence-corrected chi connectivity index (χ4v) is 4.14. The molecular formula is C24H27N3O3. The van der Waals surface area contributed by atoms with Crippen LogP contribution in [0.5, 0.6) is 0 Å². The minimum absolute atomic E-state index is 0.0353. The van der Waals surface area contributed by atoms with Crippen LogP contribution in [0.1, 0.15) is 58.4 Å². The summed E-state index contributed by atoms with van der Waals surface area (Å²) >= 11 is 0. The van der Waals surface area contributed by atoms with Gasteiger partial charge in [-0.1, -0.05) is 24.3 Å². The number of carbonyl (C=O) groups is 3. The first-order valence-electron chi connectivity index (χ1n) is 10.7. The van der Waals surface area contributed by atoms with Gasteiger partial charge in [-0.2, -0.15) is 0 Å². The average molecular weight is 405 g/mol. The molecule has 3 amide bonds. The predicted molar refractivity (Wildman–Crippen MR) is 115 cm³/mol. The third-order valence-corrected chi connectivity index (χ3v) is 5.78. The van der Waals surface area contributed by atoms with Crippen LogP contribution in [-0.4, -0.2) is 47.2 Å². The number of nitrogens with zero attached hydrogens (tertiary/aromatic N) is 2. The number of amides is 3. The molecule has 30 heavy (non-hydrogen) atoms. The number of carbonyl (C=O) groups excluding carboxylic acids is 3. The van der Waals surface area contributed by atoms with Gasteiger partial charge in [-0.25, -0.2) is 0 Å². The van der Waals surface area contributed by atoms with E-state index < -0.39 is 0 Å². The lowest BCUT2D eigenvalue weighted by Crippen LogP contribution is -2.36. The Morgan fingerprint density at radius 1 is 0.900 bits per heavy atom. The minimum atomic E-state index is -0.261. The Morgan fingerprint density at radius 2 is 1.70 bits per heavy atom. The largest absolute Gasteiger partial charge is 0.339 e. The maximum absolute atomic E-state index is 13.0. The monoisotopic (exact) mass is 405 g/mol. The molecule has 0 spiro atoms. The van der Waals surface area contributed by atoms with Crippen LogP contribution in [0.2, 0.25) is 0 Å². The van der Waals surface area contributed by atoms with Crippen molar-refractivity contribution in [1.82, 2.24) is 9.80 Å². The van der Waals surface area contributed by atoms with Crippen molar-refractivity contribution in [3.05, 3.63) is 65.2 Å². The van der Waals surface area contributed by atoms with Crippen molar-refractivity contribution < 1.29 is 14.4 Å². The number of hydrogen-bond acceptors (Lipinski definition) is 3. The Labute approximate surface area is 176 Å². The van der Waals surface area contributed by atoms with Gasteiger partial charge in [0.15, 0.2) is 0 Å². The molecule has 0 aliphatic carbocycles. The number of benzene rings is 2. The van der Waals surface area contributed by atoms with E-state index in [9.17, 15) is 14.4 Å². The summed E-state index contributed by atoms with van der Waals surface area (Å²) < 4.78 is 0. The molecule has 2 aliphatic rings. The summed E-state index contributed by atoms with van der Waals surface area (Å²) in [4.78, 5) is 41.4. The fraction of sp³-hybridized carbons (Fsp3) is 0.375. The quantitative estimate of drug-likeness (QED) is 0.825. The third-order valence-electron chi connectivity index (χ3n) is 5.78. The first kappa shape index (κ1) is 20.1. The molecule has 0 unspecified atom stereocenters. The van der Waals surface area contributed by atoms with E-state index in [0.717, 1.165) is 50.9 Å². The molecule has 2 aromatic rings. The van der Waals surface area contributed by atoms with Crippen LogP contribution in [0.3, 0.4) is 0 Å². The zero-order valence-electron chi connectivity index (χ0n) is 17.1. The smallest absolute Gasteiger partial charge is 0.255 e. The normalized spacial score (nSPS) is 16.6. The van der Waals surface area contributed by atoms with E-state index in [1.54, 1.807) is 18.2 Å². The van der Waals surface area contributed by atoms with Gasteiger partial charge in [-0.05, 0) is 55.5 Å². The molecule has 2 saturated heterocycles. The maximum Gasteiger partial charge on any atom is 0.255 e. The summed E-state index contributed by atoms with van der Waals surface area (Å²) in [6.07, 6.45) is 4.68. The Balaban J connectivity index is 1.48. The molecule has 0 aromatic heterocycles. The van der Waals surface area contributed by atoms with Crippen molar-refractivity contribution in [3.8, 4) is 0 Å². The Morgan fingerprint density at radius 3 is 2.47 bits per heavy atom. The first-order valence-corrected chi connectivity index (χ1v) is 10.7. The maximum atomic E-state index is 13.0. The first-order chi connectivity index (χ1) is 14.6. The van der Waals surface area contributed by atoms with Gasteiger partial charge in [-0.3, -0.25) is 14.4 Å². The van der Waals surface area contributed by atoms with Crippen LogP contribution in [0.15, 0.2) is 48.5 Å². The molecule has 6 nitrogen and oxygen atoms in total. The molecule has 0 bridgehead atoms. The highest BCUT2D eigenvalue weighted by atomic mass is 16.2. The number of likely N-dealkylation sites (tertiary alicyclic amines) is 2. The van der Waals surface area contributed by atoms with E-state index in [1.165, 1.54) is 0 Å². The Hall–Kier alpha value is -3.15. The highest BCUT2D eigenvalue weighted by Gasteiger charge is 2.22. The summed E-state index contributed by atoms with van der Waals surface area (Å²) in [5, 5.41) is 2.91. The van der Waals surface area contributed by atoms with Gasteiger partial charge in [-0.15, -0.1) is 0 Å². The van der Waals surface area contributed by atoms with Gasteiger partial charge >= 0.3 is 0 Å². The summed E-state index contributed by atoms with van der Waals surface area (Å²) in [7, 11) is 0. The molecule has 4 rings (SSSR count). The minimum Gasteiger partial charge on any atom is -0.339 e. The lowest BCUT2D eigenvalue weighted by Gasteiger charge is -2.27. The Bertz CT molecular complexity index is 950. The third kappa shape index (κ3) is 4.53. The fourth-order valence-electron chi connectivity index (χ4n) is 4.14. The zero-order valence-corrected chi connectivity index (χ0v) is 17.1. The number of nitrogens with one attached hydrogen (secondary N) is 1. The second-order valence-corrected chi connectivity index (χ2v) is 7.97. The van der Waals surface area contributed by atoms with Crippen LogP contribution in [-0.2, 0) is 11.3 Å². The second-order valence-electron chi connectivity index (χ2n) is 7.97. The van der Waals surface area contributed by atoms with Crippen molar-refractivity contribution in [2.24, 2.45) is 0 Å². The van der Waals surface area contributed by atoms with Gasteiger partial charge in [0.1, 0.15) is 0 Å². The van der Waals surface area contributed by atoms with Gasteiger partial charge in [0.25, 0.3) is 11.8 Å². The SMILES string of the molecule is O=C(Nc1ccccc1C(=O)N1CCCCC1)c1cccc(CN2CCCC2=O)c1. The van der Waals surface area contributed by atoms with Crippen molar-refractivity contribution in [2.45, 2.75) is 38.6 Å². The molecule has 0 saturated carbocycles. The summed E-state index contributed by atoms with van der Waals surface area (Å²) in [6.45, 7) is 2.81. The van der Waals surface area contributed by atoms with E-state index in [2.05, 4.69) is 5.32 Å². The van der Waals surface area contributed by atoms with Gasteiger partial charge < -0.3 is 15.1 Å². The number of hydrogen-bond donors (Lipinski definition) is 1. The van der Waals surface area contributed by atoms with Crippen LogP contribution in [0, 0.1) is 0 Å². The average Bonchev–Trinajstić information content (AvgIpc) is 3.18. The van der Waals surface area contributed by atoms with E-state index in [-0.39, 0.29) is 17.7 Å². The summed E-state index contributed by atoms with van der Waals surface area (Å²) in [5.74, 6) is -0.134. The second kappa shape index (κ2) is 9.11. The lowest BCUT2D eigenvalue weighted by molar-refractivity contribution is -0.128. The van der Waals surface area contributed by atoms with Gasteiger partial charge in [0.05, 0.1) is 11.3 Å². The van der Waals surface area contributed by atoms with Crippen LogP contribution in [0.4, 0.5) is 5.69 Å². The molecular weight excluding hydrogens is 378 g/mol. The Kier molecular flexibility index (Phi) is 6.12. The molecule has 2 aliphatic heterocycles. The zero-order chi connectivity index (χ0) is 20.9. The molecule has 2 fully saturated rings. The summed E-state index contributed by atoms with van der Waals surface area (Å²) in [5.41, 5.74) is 2.49.